The van der Waals surface area contributed by atoms with Crippen molar-refractivity contribution in [3.8, 4) is 0 Å². The average Bonchev–Trinajstić information content (AvgIpc) is 2.59. The average molecular weight is 261 g/mol. The summed E-state index contributed by atoms with van der Waals surface area (Å²) in [6.07, 6.45) is 2.06. The van der Waals surface area contributed by atoms with Gasteiger partial charge in [-0.3, -0.25) is 4.79 Å². The summed E-state index contributed by atoms with van der Waals surface area (Å²) in [4.78, 5) is 22.7. The Balaban J connectivity index is 2.53. The van der Waals surface area contributed by atoms with Crippen LogP contribution >= 0.6 is 11.6 Å². The summed E-state index contributed by atoms with van der Waals surface area (Å²) >= 11 is 5.51. The molecule has 0 saturated heterocycles. The summed E-state index contributed by atoms with van der Waals surface area (Å²) in [5, 5.41) is 14.7. The highest BCUT2D eigenvalue weighted by molar-refractivity contribution is 6.29. The number of rotatable bonds is 4. The first kappa shape index (κ1) is 13.8. The fourth-order valence-electron chi connectivity index (χ4n) is 2.04. The fourth-order valence-corrected chi connectivity index (χ4v) is 2.11. The van der Waals surface area contributed by atoms with E-state index in [-0.39, 0.29) is 12.6 Å². The van der Waals surface area contributed by atoms with E-state index in [0.717, 1.165) is 6.42 Å². The third-order valence-corrected chi connectivity index (χ3v) is 3.33. The largest absolute Gasteiger partial charge is 0.481 e. The second-order valence-electron chi connectivity index (χ2n) is 4.51. The zero-order chi connectivity index (χ0) is 13.1. The molecule has 1 rings (SSSR count). The minimum atomic E-state index is -0.880. The number of carboxylic acids is 1. The smallest absolute Gasteiger partial charge is 0.315 e. The van der Waals surface area contributed by atoms with E-state index in [9.17, 15) is 9.59 Å². The Labute approximate surface area is 105 Å². The monoisotopic (exact) mass is 260 g/mol. The molecular weight excluding hydrogens is 244 g/mol. The summed E-state index contributed by atoms with van der Waals surface area (Å²) in [5.74, 6) is -0.873. The van der Waals surface area contributed by atoms with Crippen LogP contribution in [0.25, 0.3) is 0 Å². The Morgan fingerprint density at radius 2 is 2.24 bits per heavy atom. The minimum absolute atomic E-state index is 0.171. The highest BCUT2D eigenvalue weighted by Gasteiger charge is 2.45. The zero-order valence-electron chi connectivity index (χ0n) is 9.75. The van der Waals surface area contributed by atoms with Gasteiger partial charge in [0.15, 0.2) is 0 Å². The van der Waals surface area contributed by atoms with Crippen molar-refractivity contribution in [3.63, 3.8) is 0 Å². The van der Waals surface area contributed by atoms with E-state index >= 15 is 0 Å². The van der Waals surface area contributed by atoms with E-state index in [1.54, 1.807) is 6.92 Å². The SMILES string of the molecule is C=C(Cl)CNC(=O)NC1CCCC1(C)C(=O)O. The van der Waals surface area contributed by atoms with Crippen molar-refractivity contribution in [1.29, 1.82) is 0 Å². The van der Waals surface area contributed by atoms with Crippen LogP contribution in [0, 0.1) is 5.41 Å². The Kier molecular flexibility index (Phi) is 4.40. The molecule has 0 radical (unpaired) electrons. The lowest BCUT2D eigenvalue weighted by molar-refractivity contribution is -0.148. The number of hydrogen-bond donors (Lipinski definition) is 3. The molecular formula is C11H17ClN2O3. The molecule has 1 aliphatic carbocycles. The van der Waals surface area contributed by atoms with E-state index in [0.29, 0.717) is 17.9 Å². The van der Waals surface area contributed by atoms with Crippen LogP contribution in [0.15, 0.2) is 11.6 Å². The fraction of sp³-hybridized carbons (Fsp3) is 0.636. The minimum Gasteiger partial charge on any atom is -0.481 e. The number of carbonyl (C=O) groups excluding carboxylic acids is 1. The van der Waals surface area contributed by atoms with Crippen molar-refractivity contribution < 1.29 is 14.7 Å². The van der Waals surface area contributed by atoms with Crippen LogP contribution in [0.2, 0.25) is 0 Å². The number of aliphatic carboxylic acids is 1. The molecule has 5 nitrogen and oxygen atoms in total. The van der Waals surface area contributed by atoms with E-state index < -0.39 is 17.4 Å². The molecule has 0 aromatic carbocycles. The highest BCUT2D eigenvalue weighted by atomic mass is 35.5. The van der Waals surface area contributed by atoms with Crippen molar-refractivity contribution in [3.05, 3.63) is 11.6 Å². The maximum atomic E-state index is 11.5. The molecule has 0 aromatic heterocycles. The second-order valence-corrected chi connectivity index (χ2v) is 5.05. The van der Waals surface area contributed by atoms with Gasteiger partial charge in [-0.1, -0.05) is 24.6 Å². The van der Waals surface area contributed by atoms with E-state index in [1.165, 1.54) is 0 Å². The van der Waals surface area contributed by atoms with Gasteiger partial charge in [0.05, 0.1) is 12.0 Å². The first-order chi connectivity index (χ1) is 7.86. The Bertz CT molecular complexity index is 346. The number of urea groups is 1. The molecule has 96 valence electrons. The highest BCUT2D eigenvalue weighted by Crippen LogP contribution is 2.38. The van der Waals surface area contributed by atoms with Crippen molar-refractivity contribution in [2.75, 3.05) is 6.54 Å². The Morgan fingerprint density at radius 3 is 2.76 bits per heavy atom. The number of hydrogen-bond acceptors (Lipinski definition) is 2. The maximum absolute atomic E-state index is 11.5. The van der Waals surface area contributed by atoms with Gasteiger partial charge in [-0.05, 0) is 19.8 Å². The van der Waals surface area contributed by atoms with Crippen molar-refractivity contribution in [1.82, 2.24) is 10.6 Å². The number of carbonyl (C=O) groups is 2. The topological polar surface area (TPSA) is 78.4 Å². The second kappa shape index (κ2) is 5.40. The molecule has 17 heavy (non-hydrogen) atoms. The van der Waals surface area contributed by atoms with Gasteiger partial charge in [0, 0.05) is 11.1 Å². The van der Waals surface area contributed by atoms with Crippen LogP contribution < -0.4 is 10.6 Å². The molecule has 2 unspecified atom stereocenters. The first-order valence-electron chi connectivity index (χ1n) is 5.47. The number of nitrogens with one attached hydrogen (secondary N) is 2. The van der Waals surface area contributed by atoms with Gasteiger partial charge in [-0.15, -0.1) is 0 Å². The molecule has 3 N–H and O–H groups in total. The lowest BCUT2D eigenvalue weighted by atomic mass is 9.85. The maximum Gasteiger partial charge on any atom is 0.315 e. The van der Waals surface area contributed by atoms with Crippen molar-refractivity contribution in [2.45, 2.75) is 32.2 Å². The van der Waals surface area contributed by atoms with Crippen LogP contribution in [0.1, 0.15) is 26.2 Å². The molecule has 1 fully saturated rings. The van der Waals surface area contributed by atoms with Crippen molar-refractivity contribution in [2.24, 2.45) is 5.41 Å². The number of carboxylic acid groups (broad SMARTS) is 1. The van der Waals surface area contributed by atoms with Crippen LogP contribution in [0.4, 0.5) is 4.79 Å². The van der Waals surface area contributed by atoms with Crippen LogP contribution in [-0.4, -0.2) is 29.7 Å². The van der Waals surface area contributed by atoms with Gasteiger partial charge in [0.25, 0.3) is 0 Å². The van der Waals surface area contributed by atoms with Gasteiger partial charge < -0.3 is 15.7 Å². The molecule has 1 aliphatic rings. The van der Waals surface area contributed by atoms with Gasteiger partial charge in [0.2, 0.25) is 0 Å². The first-order valence-corrected chi connectivity index (χ1v) is 5.85. The molecule has 0 aromatic rings. The third kappa shape index (κ3) is 3.36. The summed E-state index contributed by atoms with van der Waals surface area (Å²) in [6.45, 7) is 5.28. The predicted molar refractivity (Wildman–Crippen MR) is 64.9 cm³/mol. The molecule has 0 spiro atoms. The quantitative estimate of drug-likeness (QED) is 0.720. The Hall–Kier alpha value is -1.23. The lowest BCUT2D eigenvalue weighted by Gasteiger charge is -2.27. The summed E-state index contributed by atoms with van der Waals surface area (Å²) in [7, 11) is 0. The summed E-state index contributed by atoms with van der Waals surface area (Å²) < 4.78 is 0. The predicted octanol–water partition coefficient (Wildman–Crippen LogP) is 1.68. The van der Waals surface area contributed by atoms with Gasteiger partial charge in [-0.2, -0.15) is 0 Å². The third-order valence-electron chi connectivity index (χ3n) is 3.19. The molecule has 6 heteroatoms. The Morgan fingerprint density at radius 1 is 1.59 bits per heavy atom. The number of amides is 2. The van der Waals surface area contributed by atoms with Gasteiger partial charge >= 0.3 is 12.0 Å². The van der Waals surface area contributed by atoms with Gasteiger partial charge in [-0.25, -0.2) is 4.79 Å². The molecule has 0 aliphatic heterocycles. The van der Waals surface area contributed by atoms with Crippen molar-refractivity contribution >= 4 is 23.6 Å². The molecule has 0 heterocycles. The molecule has 2 amide bonds. The molecule has 1 saturated carbocycles. The van der Waals surface area contributed by atoms with Crippen LogP contribution in [0.5, 0.6) is 0 Å². The van der Waals surface area contributed by atoms with Crippen LogP contribution in [-0.2, 0) is 4.79 Å². The summed E-state index contributed by atoms with van der Waals surface area (Å²) in [6, 6.07) is -0.755. The molecule has 2 atom stereocenters. The van der Waals surface area contributed by atoms with E-state index in [4.69, 9.17) is 16.7 Å². The van der Waals surface area contributed by atoms with Gasteiger partial charge in [0.1, 0.15) is 0 Å². The summed E-state index contributed by atoms with van der Waals surface area (Å²) in [5.41, 5.74) is -0.880. The standard InChI is InChI=1S/C11H17ClN2O3/c1-7(12)6-13-10(17)14-8-4-3-5-11(8,2)9(15)16/h8H,1,3-6H2,2H3,(H,15,16)(H2,13,14,17). The number of halogens is 1. The molecule has 0 bridgehead atoms. The van der Waals surface area contributed by atoms with E-state index in [2.05, 4.69) is 17.2 Å². The lowest BCUT2D eigenvalue weighted by Crippen LogP contribution is -2.50. The van der Waals surface area contributed by atoms with Crippen LogP contribution in [0.3, 0.4) is 0 Å². The zero-order valence-corrected chi connectivity index (χ0v) is 10.5. The normalized spacial score (nSPS) is 27.5. The van der Waals surface area contributed by atoms with E-state index in [1.807, 2.05) is 0 Å².